The van der Waals surface area contributed by atoms with Gasteiger partial charge in [0.2, 0.25) is 0 Å². The highest BCUT2D eigenvalue weighted by Gasteiger charge is 2.38. The lowest BCUT2D eigenvalue weighted by molar-refractivity contribution is 0.0600. The quantitative estimate of drug-likeness (QED) is 0.592. The first kappa shape index (κ1) is 16.6. The highest BCUT2D eigenvalue weighted by atomic mass is 16.5. The first-order valence-corrected chi connectivity index (χ1v) is 9.59. The maximum absolute atomic E-state index is 12.0. The molecule has 2 aromatic rings. The molecule has 3 heterocycles. The van der Waals surface area contributed by atoms with Crippen molar-refractivity contribution in [1.82, 2.24) is 4.90 Å². The summed E-state index contributed by atoms with van der Waals surface area (Å²) in [7, 11) is 3.66. The molecule has 3 aliphatic rings. The highest BCUT2D eigenvalue weighted by molar-refractivity contribution is 5.94. The van der Waals surface area contributed by atoms with Gasteiger partial charge < -0.3 is 9.47 Å². The fourth-order valence-corrected chi connectivity index (χ4v) is 4.90. The lowest BCUT2D eigenvalue weighted by Crippen LogP contribution is -2.37. The molecule has 0 N–H and O–H groups in total. The van der Waals surface area contributed by atoms with Crippen LogP contribution >= 0.6 is 0 Å². The summed E-state index contributed by atoms with van der Waals surface area (Å²) in [4.78, 5) is 14.5. The summed E-state index contributed by atoms with van der Waals surface area (Å²) in [5, 5.41) is 0. The zero-order valence-corrected chi connectivity index (χ0v) is 15.7. The number of nitrogens with zero attached hydrogens (tertiary/aromatic N) is 1. The number of carbonyl (C=O) groups is 1. The van der Waals surface area contributed by atoms with E-state index in [1.54, 1.807) is 6.07 Å². The van der Waals surface area contributed by atoms with Crippen molar-refractivity contribution in [2.45, 2.75) is 37.8 Å². The standard InChI is InChI=1S/C23H23NO3/c1-24-16-8-9-17(24)12-15(11-16)22-18-5-3-4-6-20(18)27-21-13-14(23(25)26-2)7-10-19(21)22/h3-7,10,13,16-17H,8-9,11-12H2,1-2H3. The molecule has 2 aromatic carbocycles. The maximum atomic E-state index is 12.0. The van der Waals surface area contributed by atoms with E-state index in [4.69, 9.17) is 9.47 Å². The Bertz CT molecular complexity index is 946. The Morgan fingerprint density at radius 2 is 1.74 bits per heavy atom. The van der Waals surface area contributed by atoms with E-state index in [9.17, 15) is 4.79 Å². The van der Waals surface area contributed by atoms with Gasteiger partial charge in [0.25, 0.3) is 0 Å². The lowest BCUT2D eigenvalue weighted by atomic mass is 9.84. The van der Waals surface area contributed by atoms with E-state index in [1.165, 1.54) is 31.1 Å². The van der Waals surface area contributed by atoms with Crippen LogP contribution in [0.4, 0.5) is 0 Å². The normalized spacial score (nSPS) is 23.5. The van der Waals surface area contributed by atoms with Crippen molar-refractivity contribution in [1.29, 1.82) is 0 Å². The molecule has 2 bridgehead atoms. The molecule has 2 atom stereocenters. The number of para-hydroxylation sites is 1. The van der Waals surface area contributed by atoms with Crippen molar-refractivity contribution in [3.63, 3.8) is 0 Å². The van der Waals surface area contributed by atoms with Crippen molar-refractivity contribution in [3.05, 3.63) is 64.7 Å². The van der Waals surface area contributed by atoms with Crippen molar-refractivity contribution < 1.29 is 14.3 Å². The van der Waals surface area contributed by atoms with Crippen LogP contribution in [0.15, 0.2) is 48.0 Å². The molecule has 0 amide bonds. The van der Waals surface area contributed by atoms with Gasteiger partial charge in [-0.05, 0) is 62.6 Å². The molecular weight excluding hydrogens is 338 g/mol. The van der Waals surface area contributed by atoms with Gasteiger partial charge in [-0.15, -0.1) is 0 Å². The minimum absolute atomic E-state index is 0.341. The minimum atomic E-state index is -0.341. The number of esters is 1. The van der Waals surface area contributed by atoms with Crippen LogP contribution in [0.1, 0.15) is 47.2 Å². The highest BCUT2D eigenvalue weighted by Crippen LogP contribution is 2.49. The summed E-state index contributed by atoms with van der Waals surface area (Å²) < 4.78 is 11.0. The fourth-order valence-electron chi connectivity index (χ4n) is 4.90. The molecule has 0 radical (unpaired) electrons. The number of hydrogen-bond acceptors (Lipinski definition) is 4. The van der Waals surface area contributed by atoms with Crippen LogP contribution in [0.25, 0.3) is 5.57 Å². The molecule has 0 aromatic heterocycles. The predicted molar refractivity (Wildman–Crippen MR) is 104 cm³/mol. The molecule has 3 aliphatic heterocycles. The Balaban J connectivity index is 1.68. The summed E-state index contributed by atoms with van der Waals surface area (Å²) in [6.07, 6.45) is 4.78. The molecule has 0 saturated carbocycles. The minimum Gasteiger partial charge on any atom is -0.465 e. The van der Waals surface area contributed by atoms with Gasteiger partial charge in [-0.25, -0.2) is 4.79 Å². The number of ether oxygens (including phenoxy) is 2. The third-order valence-electron chi connectivity index (χ3n) is 6.35. The summed E-state index contributed by atoms with van der Waals surface area (Å²) in [5.41, 5.74) is 5.58. The van der Waals surface area contributed by atoms with Crippen LogP contribution < -0.4 is 4.74 Å². The predicted octanol–water partition coefficient (Wildman–Crippen LogP) is 4.64. The largest absolute Gasteiger partial charge is 0.465 e. The molecule has 138 valence electrons. The van der Waals surface area contributed by atoms with Crippen LogP contribution in [0.5, 0.6) is 11.5 Å². The van der Waals surface area contributed by atoms with E-state index in [0.717, 1.165) is 35.5 Å². The number of benzene rings is 2. The molecule has 4 heteroatoms. The first-order valence-electron chi connectivity index (χ1n) is 9.59. The molecule has 0 aliphatic carbocycles. The third-order valence-corrected chi connectivity index (χ3v) is 6.35. The van der Waals surface area contributed by atoms with Gasteiger partial charge in [0, 0.05) is 23.2 Å². The van der Waals surface area contributed by atoms with Crippen LogP contribution in [-0.2, 0) is 4.74 Å². The maximum Gasteiger partial charge on any atom is 0.337 e. The number of carbonyl (C=O) groups excluding carboxylic acids is 1. The van der Waals surface area contributed by atoms with Gasteiger partial charge in [-0.2, -0.15) is 0 Å². The van der Waals surface area contributed by atoms with Crippen molar-refractivity contribution in [3.8, 4) is 11.5 Å². The first-order chi connectivity index (χ1) is 13.2. The number of rotatable bonds is 1. The second-order valence-corrected chi connectivity index (χ2v) is 7.74. The van der Waals surface area contributed by atoms with E-state index >= 15 is 0 Å². The summed E-state index contributed by atoms with van der Waals surface area (Å²) >= 11 is 0. The van der Waals surface area contributed by atoms with Crippen LogP contribution in [-0.4, -0.2) is 37.1 Å². The van der Waals surface area contributed by atoms with Gasteiger partial charge in [-0.3, -0.25) is 4.90 Å². The number of hydrogen-bond donors (Lipinski definition) is 0. The summed E-state index contributed by atoms with van der Waals surface area (Å²) in [6.45, 7) is 0. The van der Waals surface area contributed by atoms with Gasteiger partial charge >= 0.3 is 5.97 Å². The Morgan fingerprint density at radius 3 is 2.48 bits per heavy atom. The Kier molecular flexibility index (Phi) is 3.83. The van der Waals surface area contributed by atoms with Crippen LogP contribution in [0.2, 0.25) is 0 Å². The second-order valence-electron chi connectivity index (χ2n) is 7.74. The van der Waals surface area contributed by atoms with Crippen molar-refractivity contribution >= 4 is 11.5 Å². The lowest BCUT2D eigenvalue weighted by Gasteiger charge is -2.35. The number of fused-ring (bicyclic) bond motifs is 4. The van der Waals surface area contributed by atoms with Gasteiger partial charge in [0.1, 0.15) is 11.5 Å². The van der Waals surface area contributed by atoms with E-state index in [2.05, 4.69) is 24.1 Å². The molecule has 2 unspecified atom stereocenters. The van der Waals surface area contributed by atoms with E-state index in [1.807, 2.05) is 24.3 Å². The average Bonchev–Trinajstić information content (AvgIpc) is 2.91. The van der Waals surface area contributed by atoms with E-state index in [0.29, 0.717) is 17.6 Å². The Hall–Kier alpha value is -2.59. The number of piperidine rings is 1. The zero-order valence-electron chi connectivity index (χ0n) is 15.7. The fraction of sp³-hybridized carbons (Fsp3) is 0.348. The monoisotopic (exact) mass is 361 g/mol. The van der Waals surface area contributed by atoms with E-state index in [-0.39, 0.29) is 5.97 Å². The molecular formula is C23H23NO3. The van der Waals surface area contributed by atoms with Crippen molar-refractivity contribution in [2.75, 3.05) is 14.2 Å². The van der Waals surface area contributed by atoms with E-state index < -0.39 is 0 Å². The number of methoxy groups -OCH3 is 1. The smallest absolute Gasteiger partial charge is 0.337 e. The average molecular weight is 361 g/mol. The summed E-state index contributed by atoms with van der Waals surface area (Å²) in [5.74, 6) is 1.26. The SMILES string of the molecule is COC(=O)c1ccc2c(c1)Oc1ccccc1C2=C1CC2CCC(C1)N2C. The molecule has 2 saturated heterocycles. The summed E-state index contributed by atoms with van der Waals surface area (Å²) in [6, 6.07) is 15.2. The Labute approximate surface area is 159 Å². The van der Waals surface area contributed by atoms with Gasteiger partial charge in [-0.1, -0.05) is 23.8 Å². The van der Waals surface area contributed by atoms with Crippen molar-refractivity contribution in [2.24, 2.45) is 0 Å². The van der Waals surface area contributed by atoms with Crippen LogP contribution in [0, 0.1) is 0 Å². The second kappa shape index (κ2) is 6.24. The molecule has 4 nitrogen and oxygen atoms in total. The topological polar surface area (TPSA) is 38.8 Å². The van der Waals surface area contributed by atoms with Crippen LogP contribution in [0.3, 0.4) is 0 Å². The third kappa shape index (κ3) is 2.59. The van der Waals surface area contributed by atoms with Gasteiger partial charge in [0.05, 0.1) is 12.7 Å². The molecule has 0 spiro atoms. The zero-order chi connectivity index (χ0) is 18.5. The molecule has 27 heavy (non-hydrogen) atoms. The molecule has 2 fully saturated rings. The van der Waals surface area contributed by atoms with Gasteiger partial charge in [0.15, 0.2) is 0 Å². The Morgan fingerprint density at radius 1 is 1.04 bits per heavy atom. The molecule has 5 rings (SSSR count).